The van der Waals surface area contributed by atoms with E-state index in [-0.39, 0.29) is 11.3 Å². The Bertz CT molecular complexity index is 710. The lowest BCUT2D eigenvalue weighted by Gasteiger charge is -2.36. The second kappa shape index (κ2) is 11.2. The van der Waals surface area contributed by atoms with Gasteiger partial charge in [0.15, 0.2) is 5.13 Å². The van der Waals surface area contributed by atoms with Crippen molar-refractivity contribution in [1.29, 1.82) is 0 Å². The van der Waals surface area contributed by atoms with Gasteiger partial charge in [0.2, 0.25) is 5.91 Å². The fourth-order valence-corrected chi connectivity index (χ4v) is 6.48. The number of fused-ring (bicyclic) bond motifs is 1. The largest absolute Gasteiger partial charge is 0.320 e. The van der Waals surface area contributed by atoms with Crippen LogP contribution in [0.15, 0.2) is 0 Å². The van der Waals surface area contributed by atoms with Crippen molar-refractivity contribution in [3.63, 3.8) is 0 Å². The van der Waals surface area contributed by atoms with Crippen molar-refractivity contribution in [2.75, 3.05) is 11.9 Å². The molecule has 5 nitrogen and oxygen atoms in total. The van der Waals surface area contributed by atoms with Gasteiger partial charge in [0, 0.05) is 10.9 Å². The molecule has 1 aliphatic carbocycles. The van der Waals surface area contributed by atoms with Crippen LogP contribution in [0.25, 0.3) is 0 Å². The van der Waals surface area contributed by atoms with Gasteiger partial charge in [0.25, 0.3) is 0 Å². The van der Waals surface area contributed by atoms with Crippen LogP contribution in [0.5, 0.6) is 0 Å². The number of aromatic nitrogens is 1. The summed E-state index contributed by atoms with van der Waals surface area (Å²) in [5.41, 5.74) is 7.88. The number of amides is 1. The third-order valence-corrected chi connectivity index (χ3v) is 7.28. The molecule has 1 amide bonds. The number of carbonyl (C=O) groups is 1. The molecule has 178 valence electrons. The molecular weight excluding hydrogens is 404 g/mol. The van der Waals surface area contributed by atoms with Gasteiger partial charge in [-0.1, -0.05) is 48.5 Å². The first kappa shape index (κ1) is 26.3. The van der Waals surface area contributed by atoms with E-state index < -0.39 is 6.04 Å². The Balaban J connectivity index is 1.84. The van der Waals surface area contributed by atoms with E-state index in [1.54, 1.807) is 11.3 Å². The number of hydrogen-bond acceptors (Lipinski definition) is 5. The lowest BCUT2D eigenvalue weighted by Crippen LogP contribution is -2.37. The fraction of sp³-hybridized carbons (Fsp3) is 0.840. The van der Waals surface area contributed by atoms with Crippen molar-refractivity contribution in [3.05, 3.63) is 10.6 Å². The average Bonchev–Trinajstić information content (AvgIpc) is 3.03. The predicted octanol–water partition coefficient (Wildman–Crippen LogP) is 5.53. The molecule has 1 aromatic heterocycles. The Morgan fingerprint density at radius 3 is 2.61 bits per heavy atom. The summed E-state index contributed by atoms with van der Waals surface area (Å²) in [6.45, 7) is 17.1. The fourth-order valence-electron chi connectivity index (χ4n) is 5.39. The molecule has 0 fully saturated rings. The highest BCUT2D eigenvalue weighted by Crippen LogP contribution is 2.41. The van der Waals surface area contributed by atoms with Crippen molar-refractivity contribution in [2.45, 2.75) is 112 Å². The lowest BCUT2D eigenvalue weighted by atomic mass is 9.69. The molecule has 4 N–H and O–H groups in total. The standard InChI is InChI=1S/C25H46N4OS/c1-8-13-27-18-9-10-20-21(14-18)31-23(28-20)29-22(30)19(26)11-12-24(4,5)16-25(6,7)15-17(2)3/h17-19,27H,8-16,26H2,1-7H3,(H,28,29,30)/t18-,19?/m1/s1. The molecule has 6 heteroatoms. The Hall–Kier alpha value is -0.980. The molecule has 1 aliphatic rings. The SMILES string of the molecule is CCCN[C@@H]1CCc2nc(NC(=O)C(N)CCC(C)(C)CC(C)(C)CC(C)C)sc2C1. The second-order valence-corrected chi connectivity index (χ2v) is 12.6. The third kappa shape index (κ3) is 8.82. The van der Waals surface area contributed by atoms with Gasteiger partial charge >= 0.3 is 0 Å². The molecule has 0 radical (unpaired) electrons. The van der Waals surface area contributed by atoms with Crippen LogP contribution < -0.4 is 16.4 Å². The first-order valence-corrected chi connectivity index (χ1v) is 13.0. The molecule has 1 aromatic rings. The number of hydrogen-bond donors (Lipinski definition) is 3. The Morgan fingerprint density at radius 1 is 1.26 bits per heavy atom. The van der Waals surface area contributed by atoms with Crippen molar-refractivity contribution >= 4 is 22.4 Å². The molecule has 0 aromatic carbocycles. The average molecular weight is 451 g/mol. The molecular formula is C25H46N4OS. The molecule has 2 rings (SSSR count). The van der Waals surface area contributed by atoms with E-state index in [0.717, 1.165) is 50.8 Å². The summed E-state index contributed by atoms with van der Waals surface area (Å²) in [4.78, 5) is 18.7. The van der Waals surface area contributed by atoms with E-state index in [1.807, 2.05) is 0 Å². The molecule has 31 heavy (non-hydrogen) atoms. The van der Waals surface area contributed by atoms with Gasteiger partial charge in [0.1, 0.15) is 0 Å². The molecule has 0 bridgehead atoms. The number of nitrogens with two attached hydrogens (primary N) is 1. The van der Waals surface area contributed by atoms with Crippen LogP contribution in [0.4, 0.5) is 5.13 Å². The zero-order valence-electron chi connectivity index (χ0n) is 20.9. The summed E-state index contributed by atoms with van der Waals surface area (Å²) in [6.07, 6.45) is 8.26. The highest BCUT2D eigenvalue weighted by molar-refractivity contribution is 7.15. The Kier molecular flexibility index (Phi) is 9.53. The zero-order chi connectivity index (χ0) is 23.2. The summed E-state index contributed by atoms with van der Waals surface area (Å²) in [5.74, 6) is 0.588. The number of carbonyl (C=O) groups excluding carboxylic acids is 1. The molecule has 0 spiro atoms. The highest BCUT2D eigenvalue weighted by Gasteiger charge is 2.30. The molecule has 1 unspecified atom stereocenters. The van der Waals surface area contributed by atoms with Gasteiger partial charge in [-0.2, -0.15) is 0 Å². The van der Waals surface area contributed by atoms with E-state index >= 15 is 0 Å². The van der Waals surface area contributed by atoms with Gasteiger partial charge in [-0.05, 0) is 74.7 Å². The maximum Gasteiger partial charge on any atom is 0.243 e. The van der Waals surface area contributed by atoms with Gasteiger partial charge in [-0.15, -0.1) is 11.3 Å². The highest BCUT2D eigenvalue weighted by atomic mass is 32.1. The van der Waals surface area contributed by atoms with Gasteiger partial charge in [0.05, 0.1) is 11.7 Å². The minimum Gasteiger partial charge on any atom is -0.320 e. The van der Waals surface area contributed by atoms with E-state index in [0.29, 0.717) is 28.9 Å². The van der Waals surface area contributed by atoms with E-state index in [4.69, 9.17) is 5.73 Å². The van der Waals surface area contributed by atoms with Crippen molar-refractivity contribution < 1.29 is 4.79 Å². The summed E-state index contributed by atoms with van der Waals surface area (Å²) in [5, 5.41) is 7.31. The van der Waals surface area contributed by atoms with Crippen LogP contribution in [0, 0.1) is 16.7 Å². The third-order valence-electron chi connectivity index (χ3n) is 6.24. The molecule has 0 saturated carbocycles. The minimum atomic E-state index is -0.493. The maximum atomic E-state index is 12.7. The molecule has 0 saturated heterocycles. The monoisotopic (exact) mass is 450 g/mol. The Morgan fingerprint density at radius 2 is 1.97 bits per heavy atom. The van der Waals surface area contributed by atoms with E-state index in [9.17, 15) is 4.79 Å². The van der Waals surface area contributed by atoms with Crippen LogP contribution in [0.3, 0.4) is 0 Å². The summed E-state index contributed by atoms with van der Waals surface area (Å²) < 4.78 is 0. The van der Waals surface area contributed by atoms with Crippen LogP contribution in [-0.4, -0.2) is 29.5 Å². The van der Waals surface area contributed by atoms with Gasteiger partial charge in [-0.25, -0.2) is 4.98 Å². The summed E-state index contributed by atoms with van der Waals surface area (Å²) in [6, 6.07) is 0.0354. The van der Waals surface area contributed by atoms with Crippen LogP contribution >= 0.6 is 11.3 Å². The van der Waals surface area contributed by atoms with Gasteiger partial charge < -0.3 is 16.4 Å². The summed E-state index contributed by atoms with van der Waals surface area (Å²) in [7, 11) is 0. The van der Waals surface area contributed by atoms with Crippen LogP contribution in [0.1, 0.15) is 97.6 Å². The Labute approximate surface area is 194 Å². The number of thiazole rings is 1. The number of nitrogens with one attached hydrogen (secondary N) is 2. The smallest absolute Gasteiger partial charge is 0.243 e. The number of anilines is 1. The molecule has 0 aliphatic heterocycles. The lowest BCUT2D eigenvalue weighted by molar-refractivity contribution is -0.117. The minimum absolute atomic E-state index is 0.107. The molecule has 1 heterocycles. The summed E-state index contributed by atoms with van der Waals surface area (Å²) >= 11 is 1.62. The first-order chi connectivity index (χ1) is 14.4. The van der Waals surface area contributed by atoms with Crippen LogP contribution in [0.2, 0.25) is 0 Å². The van der Waals surface area contributed by atoms with E-state index in [1.165, 1.54) is 11.3 Å². The number of aryl methyl sites for hydroxylation is 1. The first-order valence-electron chi connectivity index (χ1n) is 12.2. The normalized spacial score (nSPS) is 18.2. The van der Waals surface area contributed by atoms with Gasteiger partial charge in [-0.3, -0.25) is 4.79 Å². The number of nitrogens with zero attached hydrogens (tertiary/aromatic N) is 1. The second-order valence-electron chi connectivity index (χ2n) is 11.5. The predicted molar refractivity (Wildman–Crippen MR) is 134 cm³/mol. The van der Waals surface area contributed by atoms with Crippen molar-refractivity contribution in [2.24, 2.45) is 22.5 Å². The van der Waals surface area contributed by atoms with Crippen LogP contribution in [-0.2, 0) is 17.6 Å². The molecule has 2 atom stereocenters. The quantitative estimate of drug-likeness (QED) is 0.391. The maximum absolute atomic E-state index is 12.7. The number of rotatable bonds is 12. The zero-order valence-corrected chi connectivity index (χ0v) is 21.8. The van der Waals surface area contributed by atoms with Crippen molar-refractivity contribution in [1.82, 2.24) is 10.3 Å². The topological polar surface area (TPSA) is 80.0 Å². The van der Waals surface area contributed by atoms with E-state index in [2.05, 4.69) is 64.1 Å². The van der Waals surface area contributed by atoms with Crippen molar-refractivity contribution in [3.8, 4) is 0 Å².